The molecule has 1 N–H and O–H groups in total. The van der Waals surface area contributed by atoms with Crippen molar-refractivity contribution in [3.8, 4) is 5.95 Å². The van der Waals surface area contributed by atoms with Crippen molar-refractivity contribution < 1.29 is 0 Å². The van der Waals surface area contributed by atoms with Crippen molar-refractivity contribution >= 4 is 40.5 Å². The number of nitrogens with one attached hydrogen (secondary N) is 1. The van der Waals surface area contributed by atoms with Crippen LogP contribution in [0.15, 0.2) is 24.8 Å². The van der Waals surface area contributed by atoms with Crippen molar-refractivity contribution in [1.29, 1.82) is 0 Å². The van der Waals surface area contributed by atoms with Gasteiger partial charge < -0.3 is 5.32 Å². The Balaban J connectivity index is 1.85. The second-order valence-corrected chi connectivity index (χ2v) is 6.16. The Morgan fingerprint density at radius 1 is 1.24 bits per heavy atom. The molecule has 0 fully saturated rings. The maximum Gasteiger partial charge on any atom is 0.258 e. The fourth-order valence-corrected chi connectivity index (χ4v) is 2.86. The zero-order valence-electron chi connectivity index (χ0n) is 10.7. The highest BCUT2D eigenvalue weighted by Gasteiger charge is 2.12. The summed E-state index contributed by atoms with van der Waals surface area (Å²) in [6.45, 7) is 1.98. The summed E-state index contributed by atoms with van der Waals surface area (Å²) >= 11 is 13.3. The predicted molar refractivity (Wildman–Crippen MR) is 81.1 cm³/mol. The Bertz CT molecular complexity index is 743. The van der Waals surface area contributed by atoms with E-state index in [1.165, 1.54) is 28.7 Å². The summed E-state index contributed by atoms with van der Waals surface area (Å²) in [5.74, 6) is 0.656. The molecule has 3 rings (SSSR count). The summed E-state index contributed by atoms with van der Waals surface area (Å²) in [7, 11) is 0. The molecule has 0 aliphatic carbocycles. The maximum absolute atomic E-state index is 5.94. The van der Waals surface area contributed by atoms with Crippen LogP contribution in [0.4, 0.5) is 5.95 Å². The molecular formula is C11H9Cl2N7S. The second kappa shape index (κ2) is 5.92. The molecule has 0 aromatic carbocycles. The smallest absolute Gasteiger partial charge is 0.258 e. The van der Waals surface area contributed by atoms with Gasteiger partial charge >= 0.3 is 0 Å². The Kier molecular flexibility index (Phi) is 4.00. The summed E-state index contributed by atoms with van der Waals surface area (Å²) in [6, 6.07) is 3.79. The minimum absolute atomic E-state index is 0.00966. The number of hydrogen-bond acceptors (Lipinski definition) is 7. The number of nitrogens with zero attached hydrogens (tertiary/aromatic N) is 6. The fraction of sp³-hybridized carbons (Fsp3) is 0.182. The molecular weight excluding hydrogens is 333 g/mol. The van der Waals surface area contributed by atoms with Gasteiger partial charge in [0.1, 0.15) is 12.7 Å². The standard InChI is InChI=1S/C11H9Cl2N7S/c1-6(7-2-3-8(12)21-7)16-10-17-9(13)18-11(19-10)20-5-14-4-15-20/h2-6H,1H3,(H,16,17,18,19). The fourth-order valence-electron chi connectivity index (χ4n) is 1.64. The molecule has 10 heteroatoms. The lowest BCUT2D eigenvalue weighted by Gasteiger charge is -2.12. The van der Waals surface area contributed by atoms with Gasteiger partial charge in [0.2, 0.25) is 11.2 Å². The van der Waals surface area contributed by atoms with Crippen LogP contribution in [-0.2, 0) is 0 Å². The van der Waals surface area contributed by atoms with Crippen LogP contribution in [0.5, 0.6) is 0 Å². The molecule has 1 unspecified atom stereocenters. The molecule has 7 nitrogen and oxygen atoms in total. The van der Waals surface area contributed by atoms with Gasteiger partial charge in [-0.25, -0.2) is 4.98 Å². The first-order chi connectivity index (χ1) is 10.1. The van der Waals surface area contributed by atoms with Crippen molar-refractivity contribution in [1.82, 2.24) is 29.7 Å². The third kappa shape index (κ3) is 3.29. The van der Waals surface area contributed by atoms with Gasteiger partial charge in [0, 0.05) is 4.88 Å². The number of aromatic nitrogens is 6. The molecule has 21 heavy (non-hydrogen) atoms. The molecule has 0 saturated heterocycles. The van der Waals surface area contributed by atoms with Gasteiger partial charge in [-0.15, -0.1) is 11.3 Å². The van der Waals surface area contributed by atoms with Gasteiger partial charge in [-0.05, 0) is 30.7 Å². The lowest BCUT2D eigenvalue weighted by molar-refractivity contribution is 0.784. The molecule has 0 radical (unpaired) electrons. The quantitative estimate of drug-likeness (QED) is 0.785. The van der Waals surface area contributed by atoms with E-state index in [0.29, 0.717) is 11.9 Å². The molecule has 3 aromatic rings. The van der Waals surface area contributed by atoms with Gasteiger partial charge in [0.15, 0.2) is 0 Å². The number of thiophene rings is 1. The monoisotopic (exact) mass is 341 g/mol. The lowest BCUT2D eigenvalue weighted by Crippen LogP contribution is -2.11. The van der Waals surface area contributed by atoms with E-state index >= 15 is 0 Å². The predicted octanol–water partition coefficient (Wildman–Crippen LogP) is 2.99. The van der Waals surface area contributed by atoms with Crippen molar-refractivity contribution in [3.05, 3.63) is 39.3 Å². The Hall–Kier alpha value is -1.77. The van der Waals surface area contributed by atoms with Gasteiger partial charge in [-0.3, -0.25) is 0 Å². The topological polar surface area (TPSA) is 81.4 Å². The third-order valence-electron chi connectivity index (χ3n) is 2.59. The second-order valence-electron chi connectivity index (χ2n) is 4.08. The van der Waals surface area contributed by atoms with E-state index < -0.39 is 0 Å². The molecule has 0 aliphatic rings. The van der Waals surface area contributed by atoms with Crippen LogP contribution in [0.3, 0.4) is 0 Å². The Labute approximate surface area is 134 Å². The Morgan fingerprint density at radius 2 is 2.10 bits per heavy atom. The number of halogens is 2. The molecule has 0 amide bonds. The molecule has 0 saturated carbocycles. The first-order valence-electron chi connectivity index (χ1n) is 5.90. The molecule has 108 valence electrons. The maximum atomic E-state index is 5.94. The average Bonchev–Trinajstić information content (AvgIpc) is 3.08. The largest absolute Gasteiger partial charge is 0.347 e. The Morgan fingerprint density at radius 3 is 2.76 bits per heavy atom. The van der Waals surface area contributed by atoms with Crippen LogP contribution in [0, 0.1) is 0 Å². The van der Waals surface area contributed by atoms with E-state index in [1.807, 2.05) is 19.1 Å². The molecule has 0 aliphatic heterocycles. The molecule has 3 heterocycles. The van der Waals surface area contributed by atoms with E-state index in [4.69, 9.17) is 23.2 Å². The first kappa shape index (κ1) is 14.2. The highest BCUT2D eigenvalue weighted by atomic mass is 35.5. The lowest BCUT2D eigenvalue weighted by atomic mass is 10.3. The number of anilines is 1. The van der Waals surface area contributed by atoms with Crippen molar-refractivity contribution in [2.45, 2.75) is 13.0 Å². The van der Waals surface area contributed by atoms with Crippen LogP contribution in [0.1, 0.15) is 17.8 Å². The molecule has 1 atom stereocenters. The molecule has 0 spiro atoms. The first-order valence-corrected chi connectivity index (χ1v) is 7.47. The zero-order valence-corrected chi connectivity index (χ0v) is 13.1. The van der Waals surface area contributed by atoms with Crippen LogP contribution >= 0.6 is 34.5 Å². The average molecular weight is 342 g/mol. The van der Waals surface area contributed by atoms with Crippen LogP contribution < -0.4 is 5.32 Å². The van der Waals surface area contributed by atoms with E-state index in [-0.39, 0.29) is 11.3 Å². The highest BCUT2D eigenvalue weighted by Crippen LogP contribution is 2.28. The SMILES string of the molecule is CC(Nc1nc(Cl)nc(-n2cncn2)n1)c1ccc(Cl)s1. The number of hydrogen-bond donors (Lipinski definition) is 1. The van der Waals surface area contributed by atoms with E-state index in [1.54, 1.807) is 0 Å². The summed E-state index contributed by atoms with van der Waals surface area (Å²) in [5.41, 5.74) is 0. The van der Waals surface area contributed by atoms with Gasteiger partial charge in [-0.1, -0.05) is 11.6 Å². The molecule has 3 aromatic heterocycles. The van der Waals surface area contributed by atoms with Gasteiger partial charge in [0.25, 0.3) is 5.95 Å². The van der Waals surface area contributed by atoms with Crippen molar-refractivity contribution in [2.24, 2.45) is 0 Å². The third-order valence-corrected chi connectivity index (χ3v) is 4.17. The molecule has 0 bridgehead atoms. The van der Waals surface area contributed by atoms with Crippen molar-refractivity contribution in [3.63, 3.8) is 0 Å². The van der Waals surface area contributed by atoms with Crippen LogP contribution in [0.25, 0.3) is 5.95 Å². The van der Waals surface area contributed by atoms with Gasteiger partial charge in [-0.2, -0.15) is 24.7 Å². The van der Waals surface area contributed by atoms with Gasteiger partial charge in [0.05, 0.1) is 10.4 Å². The van der Waals surface area contributed by atoms with E-state index in [9.17, 15) is 0 Å². The summed E-state index contributed by atoms with van der Waals surface area (Å²) < 4.78 is 2.14. The zero-order chi connectivity index (χ0) is 14.8. The van der Waals surface area contributed by atoms with Crippen LogP contribution in [0.2, 0.25) is 9.62 Å². The minimum atomic E-state index is -0.00966. The van der Waals surface area contributed by atoms with Crippen molar-refractivity contribution in [2.75, 3.05) is 5.32 Å². The minimum Gasteiger partial charge on any atom is -0.347 e. The summed E-state index contributed by atoms with van der Waals surface area (Å²) in [4.78, 5) is 17.2. The highest BCUT2D eigenvalue weighted by molar-refractivity contribution is 7.16. The van der Waals surface area contributed by atoms with E-state index in [0.717, 1.165) is 9.21 Å². The summed E-state index contributed by atoms with van der Waals surface area (Å²) in [5, 5.41) is 7.20. The normalized spacial score (nSPS) is 12.3. The van der Waals surface area contributed by atoms with Crippen LogP contribution in [-0.4, -0.2) is 29.7 Å². The number of rotatable bonds is 4. The van der Waals surface area contributed by atoms with E-state index in [2.05, 4.69) is 30.4 Å². The summed E-state index contributed by atoms with van der Waals surface area (Å²) in [6.07, 6.45) is 2.87.